The minimum Gasteiger partial charge on any atom is -0.508 e. The molecule has 4 N–H and O–H groups in total. The molecular formula is C34H28Cl4O4. The fraction of sp³-hybridized carbons (Fsp3) is 0.118. The van der Waals surface area contributed by atoms with Crippen LogP contribution in [-0.2, 0) is 5.41 Å². The number of halogens is 4. The van der Waals surface area contributed by atoms with Crippen LogP contribution in [-0.4, -0.2) is 20.4 Å². The monoisotopic (exact) mass is 640 g/mol. The first-order valence-corrected chi connectivity index (χ1v) is 14.4. The van der Waals surface area contributed by atoms with Gasteiger partial charge in [-0.1, -0.05) is 115 Å². The second-order valence-corrected chi connectivity index (χ2v) is 11.9. The summed E-state index contributed by atoms with van der Waals surface area (Å²) in [7, 11) is 0. The predicted octanol–water partition coefficient (Wildman–Crippen LogP) is 10.3. The quantitative estimate of drug-likeness (QED) is 0.144. The van der Waals surface area contributed by atoms with Gasteiger partial charge in [-0.25, -0.2) is 0 Å². The Labute approximate surface area is 265 Å². The number of rotatable bonds is 5. The van der Waals surface area contributed by atoms with Gasteiger partial charge in [-0.3, -0.25) is 0 Å². The molecule has 0 unspecified atom stereocenters. The standard InChI is InChI=1S/C19H16O2.C15H12Cl4O2/c20-17-10-6-15(7-11-17)19(14-4-2-1-3-5-14)16-8-12-18(21)13-9-16;1-15(2,7-3-9(16)13(20)10(17)4-7)8-5-11(18)14(21)12(19)6-8/h1-13,19-21H;3-6,20-21H,1-2H3. The molecule has 4 nitrogen and oxygen atoms in total. The van der Waals surface area contributed by atoms with Gasteiger partial charge >= 0.3 is 0 Å². The summed E-state index contributed by atoms with van der Waals surface area (Å²) < 4.78 is 0. The fourth-order valence-corrected chi connectivity index (χ4v) is 5.55. The molecule has 0 fully saturated rings. The third-order valence-electron chi connectivity index (χ3n) is 7.06. The number of aromatic hydroxyl groups is 4. The summed E-state index contributed by atoms with van der Waals surface area (Å²) in [5.74, 6) is 0.291. The van der Waals surface area contributed by atoms with Crippen LogP contribution in [0.25, 0.3) is 0 Å². The first-order valence-electron chi connectivity index (χ1n) is 12.9. The molecule has 0 saturated heterocycles. The molecule has 0 aliphatic rings. The lowest BCUT2D eigenvalue weighted by Gasteiger charge is -2.27. The van der Waals surface area contributed by atoms with E-state index in [1.54, 1.807) is 48.5 Å². The maximum atomic E-state index is 9.65. The average Bonchev–Trinajstić information content (AvgIpc) is 2.97. The summed E-state index contributed by atoms with van der Waals surface area (Å²) >= 11 is 23.9. The number of hydrogen-bond acceptors (Lipinski definition) is 4. The number of hydrogen-bond donors (Lipinski definition) is 4. The van der Waals surface area contributed by atoms with Gasteiger partial charge < -0.3 is 20.4 Å². The second kappa shape index (κ2) is 13.2. The van der Waals surface area contributed by atoms with Gasteiger partial charge in [0.05, 0.1) is 20.1 Å². The zero-order valence-electron chi connectivity index (χ0n) is 22.7. The normalized spacial score (nSPS) is 11.2. The number of benzene rings is 5. The van der Waals surface area contributed by atoms with E-state index < -0.39 is 5.41 Å². The molecule has 5 aromatic carbocycles. The highest BCUT2D eigenvalue weighted by Crippen LogP contribution is 2.43. The van der Waals surface area contributed by atoms with Crippen molar-refractivity contribution >= 4 is 46.4 Å². The summed E-state index contributed by atoms with van der Waals surface area (Å²) in [4.78, 5) is 0. The lowest BCUT2D eigenvalue weighted by Crippen LogP contribution is -2.19. The van der Waals surface area contributed by atoms with Gasteiger partial charge in [-0.15, -0.1) is 0 Å². The van der Waals surface area contributed by atoms with Crippen LogP contribution in [0, 0.1) is 0 Å². The fourth-order valence-electron chi connectivity index (χ4n) is 4.58. The molecule has 42 heavy (non-hydrogen) atoms. The molecule has 0 heterocycles. The van der Waals surface area contributed by atoms with Crippen molar-refractivity contribution in [1.82, 2.24) is 0 Å². The van der Waals surface area contributed by atoms with Crippen molar-refractivity contribution in [3.8, 4) is 23.0 Å². The first-order chi connectivity index (χ1) is 19.9. The van der Waals surface area contributed by atoms with Crippen molar-refractivity contribution < 1.29 is 20.4 Å². The minimum absolute atomic E-state index is 0.0763. The van der Waals surface area contributed by atoms with E-state index in [1.807, 2.05) is 56.3 Å². The van der Waals surface area contributed by atoms with Crippen molar-refractivity contribution in [2.24, 2.45) is 0 Å². The summed E-state index contributed by atoms with van der Waals surface area (Å²) in [5.41, 5.74) is 4.42. The largest absolute Gasteiger partial charge is 0.508 e. The molecule has 0 aliphatic heterocycles. The van der Waals surface area contributed by atoms with Gasteiger partial charge in [-0.05, 0) is 76.3 Å². The van der Waals surface area contributed by atoms with Crippen LogP contribution in [0.2, 0.25) is 20.1 Å². The zero-order chi connectivity index (χ0) is 30.6. The molecule has 0 saturated carbocycles. The van der Waals surface area contributed by atoms with E-state index in [0.29, 0.717) is 0 Å². The van der Waals surface area contributed by atoms with E-state index in [9.17, 15) is 20.4 Å². The van der Waals surface area contributed by atoms with E-state index in [4.69, 9.17) is 46.4 Å². The Bertz CT molecular complexity index is 1520. The third kappa shape index (κ3) is 7.08. The number of phenolic OH excluding ortho intramolecular Hbond substituents is 4. The van der Waals surface area contributed by atoms with E-state index in [0.717, 1.165) is 22.3 Å². The maximum absolute atomic E-state index is 9.65. The van der Waals surface area contributed by atoms with Crippen molar-refractivity contribution in [2.45, 2.75) is 25.2 Å². The number of phenols is 4. The van der Waals surface area contributed by atoms with E-state index in [1.165, 1.54) is 5.56 Å². The van der Waals surface area contributed by atoms with E-state index >= 15 is 0 Å². The van der Waals surface area contributed by atoms with Crippen molar-refractivity contribution in [2.75, 3.05) is 0 Å². The van der Waals surface area contributed by atoms with Crippen LogP contribution in [0.15, 0.2) is 103 Å². The molecule has 0 aliphatic carbocycles. The van der Waals surface area contributed by atoms with Crippen LogP contribution in [0.1, 0.15) is 47.6 Å². The highest BCUT2D eigenvalue weighted by molar-refractivity contribution is 6.37. The van der Waals surface area contributed by atoms with E-state index in [-0.39, 0.29) is 49.0 Å². The molecule has 0 spiro atoms. The molecule has 216 valence electrons. The lowest BCUT2D eigenvalue weighted by atomic mass is 9.78. The predicted molar refractivity (Wildman–Crippen MR) is 172 cm³/mol. The van der Waals surface area contributed by atoms with Crippen molar-refractivity contribution in [1.29, 1.82) is 0 Å². The summed E-state index contributed by atoms with van der Waals surface area (Å²) in [6.07, 6.45) is 0. The summed E-state index contributed by atoms with van der Waals surface area (Å²) in [5, 5.41) is 38.9. The first kappa shape index (κ1) is 31.4. The molecule has 0 amide bonds. The van der Waals surface area contributed by atoms with Gasteiger partial charge in [0.2, 0.25) is 0 Å². The maximum Gasteiger partial charge on any atom is 0.152 e. The van der Waals surface area contributed by atoms with Crippen LogP contribution < -0.4 is 0 Å². The van der Waals surface area contributed by atoms with Gasteiger partial charge in [0, 0.05) is 11.3 Å². The molecule has 8 heteroatoms. The van der Waals surface area contributed by atoms with Gasteiger partial charge in [0.15, 0.2) is 11.5 Å². The SMILES string of the molecule is CC(C)(c1cc(Cl)c(O)c(Cl)c1)c1cc(Cl)c(O)c(Cl)c1.Oc1ccc(C(c2ccccc2)c2ccc(O)cc2)cc1. The van der Waals surface area contributed by atoms with Gasteiger partial charge in [0.1, 0.15) is 11.5 Å². The molecular weight excluding hydrogens is 614 g/mol. The minimum atomic E-state index is -0.526. The second-order valence-electron chi connectivity index (χ2n) is 10.2. The Kier molecular flexibility index (Phi) is 9.85. The van der Waals surface area contributed by atoms with Crippen LogP contribution >= 0.6 is 46.4 Å². The van der Waals surface area contributed by atoms with Gasteiger partial charge in [0.25, 0.3) is 0 Å². The Balaban J connectivity index is 0.000000193. The Morgan fingerprint density at radius 2 is 0.786 bits per heavy atom. The molecule has 0 bridgehead atoms. The zero-order valence-corrected chi connectivity index (χ0v) is 25.7. The van der Waals surface area contributed by atoms with Crippen LogP contribution in [0.5, 0.6) is 23.0 Å². The van der Waals surface area contributed by atoms with Crippen LogP contribution in [0.4, 0.5) is 0 Å². The molecule has 0 radical (unpaired) electrons. The van der Waals surface area contributed by atoms with Crippen molar-refractivity contribution in [3.05, 3.63) is 151 Å². The summed E-state index contributed by atoms with van der Waals surface area (Å²) in [6.45, 7) is 3.87. The molecule has 5 aromatic rings. The molecule has 0 aromatic heterocycles. The highest BCUT2D eigenvalue weighted by atomic mass is 35.5. The topological polar surface area (TPSA) is 80.9 Å². The van der Waals surface area contributed by atoms with E-state index in [2.05, 4.69) is 12.1 Å². The molecule has 0 atom stereocenters. The lowest BCUT2D eigenvalue weighted by molar-refractivity contribution is 0.473. The Hall–Kier alpha value is -3.54. The average molecular weight is 642 g/mol. The summed E-state index contributed by atoms with van der Waals surface area (Å²) in [6, 6.07) is 31.3. The smallest absolute Gasteiger partial charge is 0.152 e. The van der Waals surface area contributed by atoms with Crippen LogP contribution in [0.3, 0.4) is 0 Å². The Morgan fingerprint density at radius 3 is 1.12 bits per heavy atom. The molecule has 5 rings (SSSR count). The third-order valence-corrected chi connectivity index (χ3v) is 8.22. The van der Waals surface area contributed by atoms with Gasteiger partial charge in [-0.2, -0.15) is 0 Å². The Morgan fingerprint density at radius 1 is 0.476 bits per heavy atom. The highest BCUT2D eigenvalue weighted by Gasteiger charge is 2.27. The van der Waals surface area contributed by atoms with Crippen molar-refractivity contribution in [3.63, 3.8) is 0 Å².